The molecular weight excluding hydrogens is 366 g/mol. The zero-order valence-electron chi connectivity index (χ0n) is 18.5. The lowest BCUT2D eigenvalue weighted by molar-refractivity contribution is 0.148. The summed E-state index contributed by atoms with van der Waals surface area (Å²) in [7, 11) is 2.18. The first kappa shape index (κ1) is 21.3. The first-order chi connectivity index (χ1) is 12.9. The van der Waals surface area contributed by atoms with E-state index in [-0.39, 0.29) is 10.8 Å². The Morgan fingerprint density at radius 1 is 0.964 bits per heavy atom. The third-order valence-corrected chi connectivity index (χ3v) is 6.36. The lowest BCUT2D eigenvalue weighted by atomic mass is 9.78. The van der Waals surface area contributed by atoms with Crippen LogP contribution in [0.2, 0.25) is 0 Å². The van der Waals surface area contributed by atoms with Crippen LogP contribution in [0.15, 0.2) is 17.5 Å². The number of hydrogen-bond acceptors (Lipinski definition) is 5. The van der Waals surface area contributed by atoms with Gasteiger partial charge in [0.2, 0.25) is 0 Å². The van der Waals surface area contributed by atoms with Crippen LogP contribution in [0.5, 0.6) is 5.75 Å². The van der Waals surface area contributed by atoms with Crippen LogP contribution < -0.4 is 0 Å². The monoisotopic (exact) mass is 401 g/mol. The minimum absolute atomic E-state index is 0.126. The minimum atomic E-state index is -0.126. The highest BCUT2D eigenvalue weighted by Gasteiger charge is 2.27. The van der Waals surface area contributed by atoms with Crippen LogP contribution in [-0.2, 0) is 17.4 Å². The van der Waals surface area contributed by atoms with E-state index in [0.29, 0.717) is 5.75 Å². The van der Waals surface area contributed by atoms with E-state index < -0.39 is 0 Å². The van der Waals surface area contributed by atoms with Gasteiger partial charge in [0.25, 0.3) is 0 Å². The summed E-state index contributed by atoms with van der Waals surface area (Å²) in [5.41, 5.74) is 3.85. The molecule has 3 rings (SSSR count). The second-order valence-electron chi connectivity index (χ2n) is 10.1. The molecule has 1 fully saturated rings. The average molecular weight is 402 g/mol. The van der Waals surface area contributed by atoms with Gasteiger partial charge in [-0.25, -0.2) is 4.98 Å². The fraction of sp³-hybridized carbons (Fsp3) is 0.609. The Morgan fingerprint density at radius 2 is 1.50 bits per heavy atom. The van der Waals surface area contributed by atoms with Gasteiger partial charge < -0.3 is 10.0 Å². The fourth-order valence-corrected chi connectivity index (χ4v) is 4.48. The van der Waals surface area contributed by atoms with Crippen molar-refractivity contribution >= 4 is 11.3 Å². The Labute approximate surface area is 174 Å². The zero-order valence-corrected chi connectivity index (χ0v) is 19.3. The van der Waals surface area contributed by atoms with Crippen molar-refractivity contribution in [3.8, 4) is 17.0 Å². The topological polar surface area (TPSA) is 39.6 Å². The molecule has 1 aliphatic heterocycles. The molecule has 2 aromatic rings. The summed E-state index contributed by atoms with van der Waals surface area (Å²) < 4.78 is 0. The molecule has 28 heavy (non-hydrogen) atoms. The van der Waals surface area contributed by atoms with Crippen molar-refractivity contribution in [2.24, 2.45) is 0 Å². The summed E-state index contributed by atoms with van der Waals surface area (Å²) in [6.45, 7) is 18.3. The average Bonchev–Trinajstić information content (AvgIpc) is 3.03. The molecule has 0 unspecified atom stereocenters. The van der Waals surface area contributed by atoms with E-state index in [1.165, 1.54) is 5.01 Å². The first-order valence-electron chi connectivity index (χ1n) is 10.2. The number of aromatic hydroxyl groups is 1. The minimum Gasteiger partial charge on any atom is -0.507 e. The molecule has 0 radical (unpaired) electrons. The molecule has 0 atom stereocenters. The number of rotatable bonds is 3. The summed E-state index contributed by atoms with van der Waals surface area (Å²) in [5.74, 6) is 0.427. The highest BCUT2D eigenvalue weighted by molar-refractivity contribution is 7.09. The van der Waals surface area contributed by atoms with Crippen molar-refractivity contribution in [3.63, 3.8) is 0 Å². The highest BCUT2D eigenvalue weighted by Crippen LogP contribution is 2.42. The molecule has 1 N–H and O–H groups in total. The van der Waals surface area contributed by atoms with Crippen molar-refractivity contribution in [2.75, 3.05) is 33.2 Å². The number of likely N-dealkylation sites (N-methyl/N-ethyl adjacent to an activating group) is 1. The van der Waals surface area contributed by atoms with Crippen LogP contribution >= 0.6 is 11.3 Å². The lowest BCUT2D eigenvalue weighted by Crippen LogP contribution is -2.43. The quantitative estimate of drug-likeness (QED) is 0.797. The Morgan fingerprint density at radius 3 is 2.00 bits per heavy atom. The first-order valence-corrected chi connectivity index (χ1v) is 11.1. The van der Waals surface area contributed by atoms with Crippen LogP contribution in [0.25, 0.3) is 11.3 Å². The molecule has 0 bridgehead atoms. The van der Waals surface area contributed by atoms with Gasteiger partial charge in [-0.05, 0) is 30.0 Å². The lowest BCUT2D eigenvalue weighted by Gasteiger charge is -2.31. The molecule has 154 valence electrons. The maximum Gasteiger partial charge on any atom is 0.123 e. The van der Waals surface area contributed by atoms with Gasteiger partial charge in [-0.1, -0.05) is 41.5 Å². The highest BCUT2D eigenvalue weighted by atomic mass is 32.1. The number of phenolic OH excluding ortho intramolecular Hbond substituents is 1. The van der Waals surface area contributed by atoms with Gasteiger partial charge in [-0.3, -0.25) is 4.90 Å². The number of piperazine rings is 1. The van der Waals surface area contributed by atoms with Crippen molar-refractivity contribution < 1.29 is 5.11 Å². The van der Waals surface area contributed by atoms with E-state index in [1.807, 2.05) is 0 Å². The SMILES string of the molecule is CN1CCN(Cc2nc(-c3cc(C(C)(C)C)c(O)c(C(C)(C)C)c3)cs2)CC1. The summed E-state index contributed by atoms with van der Waals surface area (Å²) >= 11 is 1.74. The molecule has 1 saturated heterocycles. The molecule has 2 heterocycles. The van der Waals surface area contributed by atoms with E-state index in [9.17, 15) is 5.11 Å². The van der Waals surface area contributed by atoms with Crippen molar-refractivity contribution in [1.82, 2.24) is 14.8 Å². The standard InChI is InChI=1S/C23H35N3OS/c1-22(2,3)17-12-16(13-18(21(17)27)23(4,5)6)19-15-28-20(24-19)14-26-10-8-25(7)9-11-26/h12-13,15,27H,8-11,14H2,1-7H3. The van der Waals surface area contributed by atoms with Gasteiger partial charge in [0.15, 0.2) is 0 Å². The van der Waals surface area contributed by atoms with Crippen LogP contribution in [0.3, 0.4) is 0 Å². The Kier molecular flexibility index (Phi) is 5.91. The van der Waals surface area contributed by atoms with Gasteiger partial charge in [0.05, 0.1) is 12.2 Å². The molecule has 1 aliphatic rings. The molecule has 0 spiro atoms. The predicted octanol–water partition coefficient (Wildman–Crippen LogP) is 4.86. The molecule has 5 heteroatoms. The third-order valence-electron chi connectivity index (χ3n) is 5.53. The second-order valence-corrected chi connectivity index (χ2v) is 11.1. The number of hydrogen-bond donors (Lipinski definition) is 1. The van der Waals surface area contributed by atoms with Crippen LogP contribution in [0.4, 0.5) is 0 Å². The Hall–Kier alpha value is -1.43. The molecule has 0 aliphatic carbocycles. The van der Waals surface area contributed by atoms with E-state index in [4.69, 9.17) is 4.98 Å². The van der Waals surface area contributed by atoms with Crippen LogP contribution in [-0.4, -0.2) is 53.1 Å². The molecule has 4 nitrogen and oxygen atoms in total. The molecule has 1 aromatic carbocycles. The Balaban J connectivity index is 1.92. The summed E-state index contributed by atoms with van der Waals surface area (Å²) in [6.07, 6.45) is 0. The fourth-order valence-electron chi connectivity index (χ4n) is 3.64. The second kappa shape index (κ2) is 7.77. The van der Waals surface area contributed by atoms with Gasteiger partial charge in [-0.2, -0.15) is 0 Å². The normalized spacial score (nSPS) is 17.2. The summed E-state index contributed by atoms with van der Waals surface area (Å²) in [6, 6.07) is 4.25. The molecule has 1 aromatic heterocycles. The van der Waals surface area contributed by atoms with Crippen molar-refractivity contribution in [1.29, 1.82) is 0 Å². The maximum absolute atomic E-state index is 10.9. The van der Waals surface area contributed by atoms with Gasteiger partial charge in [0.1, 0.15) is 10.8 Å². The molecular formula is C23H35N3OS. The van der Waals surface area contributed by atoms with Crippen LogP contribution in [0.1, 0.15) is 57.7 Å². The molecule has 0 saturated carbocycles. The predicted molar refractivity (Wildman–Crippen MR) is 119 cm³/mol. The van der Waals surface area contributed by atoms with Gasteiger partial charge >= 0.3 is 0 Å². The van der Waals surface area contributed by atoms with Crippen LogP contribution in [0, 0.1) is 0 Å². The van der Waals surface area contributed by atoms with E-state index in [0.717, 1.165) is 55.1 Å². The van der Waals surface area contributed by atoms with Gasteiger partial charge in [0, 0.05) is 48.2 Å². The number of benzene rings is 1. The van der Waals surface area contributed by atoms with Gasteiger partial charge in [-0.15, -0.1) is 11.3 Å². The van der Waals surface area contributed by atoms with E-state index in [1.54, 1.807) is 11.3 Å². The zero-order chi connectivity index (χ0) is 20.7. The van der Waals surface area contributed by atoms with Crippen molar-refractivity contribution in [3.05, 3.63) is 33.6 Å². The number of nitrogens with zero attached hydrogens (tertiary/aromatic N) is 3. The Bertz CT molecular complexity index is 786. The summed E-state index contributed by atoms with van der Waals surface area (Å²) in [5, 5.41) is 14.3. The van der Waals surface area contributed by atoms with E-state index in [2.05, 4.69) is 75.9 Å². The van der Waals surface area contributed by atoms with Crippen molar-refractivity contribution in [2.45, 2.75) is 58.9 Å². The van der Waals surface area contributed by atoms with E-state index >= 15 is 0 Å². The number of thiazole rings is 1. The summed E-state index contributed by atoms with van der Waals surface area (Å²) in [4.78, 5) is 9.82. The maximum atomic E-state index is 10.9. The molecule has 0 amide bonds. The third kappa shape index (κ3) is 4.76. The smallest absolute Gasteiger partial charge is 0.123 e. The number of phenols is 1. The largest absolute Gasteiger partial charge is 0.507 e. The number of aromatic nitrogens is 1.